The fraction of sp³-hybridized carbons (Fsp3) is 0.179. The van der Waals surface area contributed by atoms with Crippen LogP contribution in [-0.4, -0.2) is 44.6 Å². The van der Waals surface area contributed by atoms with Crippen molar-refractivity contribution >= 4 is 23.5 Å². The maximum Gasteiger partial charge on any atom is 0.345 e. The van der Waals surface area contributed by atoms with Crippen LogP contribution in [0.3, 0.4) is 0 Å². The number of esters is 1. The molecule has 0 saturated carbocycles. The molecule has 3 heterocycles. The number of nitrogens with zero attached hydrogens (tertiary/aromatic N) is 4. The molecule has 2 aromatic heterocycles. The van der Waals surface area contributed by atoms with Gasteiger partial charge in [-0.05, 0) is 42.3 Å². The zero-order valence-corrected chi connectivity index (χ0v) is 20.7. The number of ether oxygens (including phenoxy) is 1. The number of likely N-dealkylation sites (N-methyl/N-ethyl adjacent to an activating group) is 1. The van der Waals surface area contributed by atoms with Crippen molar-refractivity contribution in [3.63, 3.8) is 0 Å². The maximum atomic E-state index is 13.5. The van der Waals surface area contributed by atoms with Gasteiger partial charge in [0.05, 0.1) is 17.8 Å². The Hall–Kier alpha value is -4.30. The molecule has 2 unspecified atom stereocenters. The molecule has 0 aliphatic carbocycles. The van der Waals surface area contributed by atoms with Crippen molar-refractivity contribution in [3.05, 3.63) is 123 Å². The minimum atomic E-state index is -0.786. The Morgan fingerprint density at radius 1 is 1.05 bits per heavy atom. The van der Waals surface area contributed by atoms with E-state index in [4.69, 9.17) is 16.3 Å². The first-order valence-corrected chi connectivity index (χ1v) is 12.2. The van der Waals surface area contributed by atoms with Crippen LogP contribution in [0.25, 0.3) is 0 Å². The smallest absolute Gasteiger partial charge is 0.345 e. The monoisotopic (exact) mass is 514 g/mol. The number of carbonyl (C=O) groups excluding carboxylic acids is 2. The molecule has 0 N–H and O–H groups in total. The lowest BCUT2D eigenvalue weighted by Gasteiger charge is -2.39. The molecule has 9 heteroatoms. The summed E-state index contributed by atoms with van der Waals surface area (Å²) < 4.78 is 7.04. The number of fused-ring (bicyclic) bond motifs is 1. The van der Waals surface area contributed by atoms with Crippen molar-refractivity contribution in [2.24, 2.45) is 0 Å². The first-order valence-electron chi connectivity index (χ1n) is 11.8. The molecule has 2 aromatic carbocycles. The van der Waals surface area contributed by atoms with Crippen LogP contribution < -0.4 is 10.2 Å². The van der Waals surface area contributed by atoms with Gasteiger partial charge in [-0.3, -0.25) is 19.3 Å². The van der Waals surface area contributed by atoms with E-state index >= 15 is 0 Å². The number of hydrogen-bond acceptors (Lipinski definition) is 6. The third kappa shape index (κ3) is 4.75. The molecule has 0 spiro atoms. The van der Waals surface area contributed by atoms with Crippen molar-refractivity contribution < 1.29 is 14.3 Å². The van der Waals surface area contributed by atoms with Gasteiger partial charge in [-0.2, -0.15) is 5.10 Å². The molecule has 0 bridgehead atoms. The van der Waals surface area contributed by atoms with Gasteiger partial charge in [0.15, 0.2) is 5.69 Å². The summed E-state index contributed by atoms with van der Waals surface area (Å²) in [4.78, 5) is 44.8. The average Bonchev–Trinajstić information content (AvgIpc) is 2.92. The summed E-state index contributed by atoms with van der Waals surface area (Å²) in [7, 11) is 0. The number of hydrogen-bond donors (Lipinski definition) is 0. The fourth-order valence-electron chi connectivity index (χ4n) is 4.68. The molecule has 1 aliphatic rings. The zero-order chi connectivity index (χ0) is 25.9. The van der Waals surface area contributed by atoms with Crippen molar-refractivity contribution in [2.45, 2.75) is 18.9 Å². The molecule has 0 saturated heterocycles. The van der Waals surface area contributed by atoms with Crippen LogP contribution in [0.4, 0.5) is 0 Å². The third-order valence-corrected chi connectivity index (χ3v) is 6.64. The van der Waals surface area contributed by atoms with Crippen molar-refractivity contribution in [1.29, 1.82) is 0 Å². The van der Waals surface area contributed by atoms with Gasteiger partial charge in [0.25, 0.3) is 5.91 Å². The first-order chi connectivity index (χ1) is 18.0. The normalized spacial score (nSPS) is 15.7. The van der Waals surface area contributed by atoms with Gasteiger partial charge in [-0.1, -0.05) is 54.1 Å². The Labute approximate surface area is 218 Å². The SMILES string of the molecule is CCN1CC(C(c2ccccc2)c2cccc(Cl)c2)n2ncc(=O)c(OC(=O)c3cccnc3)c2C1=O. The summed E-state index contributed by atoms with van der Waals surface area (Å²) in [6, 6.07) is 20.1. The van der Waals surface area contributed by atoms with Gasteiger partial charge >= 0.3 is 5.97 Å². The van der Waals surface area contributed by atoms with E-state index in [-0.39, 0.29) is 22.9 Å². The Morgan fingerprint density at radius 3 is 2.54 bits per heavy atom. The third-order valence-electron chi connectivity index (χ3n) is 6.40. The van der Waals surface area contributed by atoms with Crippen LogP contribution in [0.5, 0.6) is 5.75 Å². The second-order valence-corrected chi connectivity index (χ2v) is 9.05. The number of carbonyl (C=O) groups is 2. The second kappa shape index (κ2) is 10.4. The average molecular weight is 515 g/mol. The van der Waals surface area contributed by atoms with Crippen LogP contribution in [0, 0.1) is 0 Å². The van der Waals surface area contributed by atoms with Gasteiger partial charge in [0, 0.05) is 36.4 Å². The van der Waals surface area contributed by atoms with E-state index in [0.29, 0.717) is 18.1 Å². The summed E-state index contributed by atoms with van der Waals surface area (Å²) in [6.45, 7) is 2.59. The molecule has 1 aliphatic heterocycles. The highest BCUT2D eigenvalue weighted by Gasteiger charge is 2.40. The number of benzene rings is 2. The molecule has 0 fully saturated rings. The summed E-state index contributed by atoms with van der Waals surface area (Å²) in [5, 5.41) is 4.95. The number of halogens is 1. The Morgan fingerprint density at radius 2 is 1.84 bits per heavy atom. The van der Waals surface area contributed by atoms with Gasteiger partial charge < -0.3 is 9.64 Å². The number of rotatable bonds is 6. The van der Waals surface area contributed by atoms with Gasteiger partial charge in [-0.25, -0.2) is 4.79 Å². The standard InChI is InChI=1S/C28H23ClN4O4/c1-2-32-17-22(24(18-8-4-3-5-9-18)19-10-6-12-21(29)14-19)33-25(27(32)35)26(23(34)16-31-33)37-28(36)20-11-7-13-30-15-20/h3-16,22,24H,2,17H2,1H3. The van der Waals surface area contributed by atoms with Crippen LogP contribution in [0.1, 0.15) is 50.9 Å². The minimum absolute atomic E-state index is 0.0641. The highest BCUT2D eigenvalue weighted by atomic mass is 35.5. The van der Waals surface area contributed by atoms with Gasteiger partial charge in [-0.15, -0.1) is 0 Å². The molecular weight excluding hydrogens is 492 g/mol. The van der Waals surface area contributed by atoms with E-state index < -0.39 is 23.3 Å². The van der Waals surface area contributed by atoms with E-state index in [1.807, 2.05) is 55.5 Å². The summed E-state index contributed by atoms with van der Waals surface area (Å²) in [5.74, 6) is -1.84. The maximum absolute atomic E-state index is 13.5. The Kier molecular flexibility index (Phi) is 6.83. The van der Waals surface area contributed by atoms with Crippen molar-refractivity contribution in [3.8, 4) is 5.75 Å². The van der Waals surface area contributed by atoms with E-state index in [1.54, 1.807) is 17.0 Å². The molecule has 186 valence electrons. The van der Waals surface area contributed by atoms with Crippen LogP contribution in [0.15, 0.2) is 90.1 Å². The largest absolute Gasteiger partial charge is 0.416 e. The highest BCUT2D eigenvalue weighted by molar-refractivity contribution is 6.30. The zero-order valence-electron chi connectivity index (χ0n) is 20.0. The topological polar surface area (TPSA) is 94.4 Å². The Balaban J connectivity index is 1.68. The molecule has 5 rings (SSSR count). The lowest BCUT2D eigenvalue weighted by Crippen LogP contribution is -2.47. The molecule has 2 atom stereocenters. The van der Waals surface area contributed by atoms with Crippen LogP contribution >= 0.6 is 11.6 Å². The Bertz CT molecular complexity index is 1510. The lowest BCUT2D eigenvalue weighted by atomic mass is 9.83. The minimum Gasteiger partial charge on any atom is -0.416 e. The number of pyridine rings is 1. The molecule has 37 heavy (non-hydrogen) atoms. The van der Waals surface area contributed by atoms with Gasteiger partial charge in [0.2, 0.25) is 11.2 Å². The fourth-order valence-corrected chi connectivity index (χ4v) is 4.88. The molecule has 0 radical (unpaired) electrons. The molecule has 1 amide bonds. The summed E-state index contributed by atoms with van der Waals surface area (Å²) >= 11 is 6.37. The molecule has 8 nitrogen and oxygen atoms in total. The predicted octanol–water partition coefficient (Wildman–Crippen LogP) is 4.36. The number of aromatic nitrogens is 3. The summed E-state index contributed by atoms with van der Waals surface area (Å²) in [6.07, 6.45) is 3.94. The summed E-state index contributed by atoms with van der Waals surface area (Å²) in [5.41, 5.74) is 1.35. The lowest BCUT2D eigenvalue weighted by molar-refractivity contribution is 0.0629. The highest BCUT2D eigenvalue weighted by Crippen LogP contribution is 2.40. The van der Waals surface area contributed by atoms with Crippen LogP contribution in [-0.2, 0) is 0 Å². The number of amides is 1. The van der Waals surface area contributed by atoms with E-state index in [2.05, 4.69) is 10.1 Å². The first kappa shape index (κ1) is 24.4. The van der Waals surface area contributed by atoms with E-state index in [0.717, 1.165) is 17.3 Å². The quantitative estimate of drug-likeness (QED) is 0.355. The van der Waals surface area contributed by atoms with Gasteiger partial charge in [0.1, 0.15) is 0 Å². The molecule has 4 aromatic rings. The van der Waals surface area contributed by atoms with E-state index in [9.17, 15) is 14.4 Å². The predicted molar refractivity (Wildman–Crippen MR) is 138 cm³/mol. The molecular formula is C28H23ClN4O4. The van der Waals surface area contributed by atoms with Crippen molar-refractivity contribution in [1.82, 2.24) is 19.7 Å². The van der Waals surface area contributed by atoms with Crippen LogP contribution in [0.2, 0.25) is 5.02 Å². The second-order valence-electron chi connectivity index (χ2n) is 8.62. The van der Waals surface area contributed by atoms with Crippen molar-refractivity contribution in [2.75, 3.05) is 13.1 Å². The van der Waals surface area contributed by atoms with E-state index in [1.165, 1.54) is 23.1 Å².